The molecule has 1 saturated heterocycles. The Hall–Kier alpha value is -1.81. The molecule has 0 N–H and O–H groups in total. The minimum absolute atomic E-state index is 0.104. The van der Waals surface area contributed by atoms with Crippen molar-refractivity contribution < 1.29 is 14.3 Å². The molecule has 0 atom stereocenters. The third-order valence-corrected chi connectivity index (χ3v) is 4.67. The number of halogens is 1. The van der Waals surface area contributed by atoms with E-state index in [1.54, 1.807) is 24.3 Å². The first-order chi connectivity index (χ1) is 11.1. The molecule has 0 spiro atoms. The van der Waals surface area contributed by atoms with Crippen LogP contribution in [0, 0.1) is 0 Å². The Kier molecular flexibility index (Phi) is 5.09. The first-order valence-corrected chi connectivity index (χ1v) is 8.38. The largest absolute Gasteiger partial charge is 0.459 e. The summed E-state index contributed by atoms with van der Waals surface area (Å²) in [5.74, 6) is -0.473. The van der Waals surface area contributed by atoms with Crippen LogP contribution in [-0.4, -0.2) is 34.0 Å². The van der Waals surface area contributed by atoms with Crippen molar-refractivity contribution in [3.05, 3.63) is 47.5 Å². The van der Waals surface area contributed by atoms with E-state index < -0.39 is 11.1 Å². The monoisotopic (exact) mass is 349 g/mol. The van der Waals surface area contributed by atoms with E-state index in [4.69, 9.17) is 16.3 Å². The van der Waals surface area contributed by atoms with Crippen molar-refractivity contribution in [1.82, 2.24) is 4.90 Å². The maximum Gasteiger partial charge on any atom is 0.338 e. The Labute approximate surface area is 148 Å². The van der Waals surface area contributed by atoms with Crippen LogP contribution < -0.4 is 0 Å². The summed E-state index contributed by atoms with van der Waals surface area (Å²) in [6.45, 7) is 11.5. The SMILES string of the molecule is C=CC(=O)N1C(C)(C)CC(OC(=O)c2ccc(Cl)cc2)CC1(C)C. The van der Waals surface area contributed by atoms with Gasteiger partial charge in [-0.1, -0.05) is 18.2 Å². The number of likely N-dealkylation sites (tertiary alicyclic amines) is 1. The van der Waals surface area contributed by atoms with E-state index in [9.17, 15) is 9.59 Å². The quantitative estimate of drug-likeness (QED) is 0.606. The fourth-order valence-electron chi connectivity index (χ4n) is 3.77. The van der Waals surface area contributed by atoms with Crippen LogP contribution >= 0.6 is 11.6 Å². The molecule has 1 aliphatic rings. The van der Waals surface area contributed by atoms with Crippen molar-refractivity contribution in [3.63, 3.8) is 0 Å². The van der Waals surface area contributed by atoms with E-state index >= 15 is 0 Å². The molecule has 1 heterocycles. The van der Waals surface area contributed by atoms with Crippen LogP contribution in [0.1, 0.15) is 50.9 Å². The normalized spacial score (nSPS) is 19.6. The number of ether oxygens (including phenoxy) is 1. The molecule has 1 amide bonds. The van der Waals surface area contributed by atoms with Gasteiger partial charge in [-0.3, -0.25) is 4.79 Å². The molecule has 130 valence electrons. The molecule has 0 saturated carbocycles. The van der Waals surface area contributed by atoms with E-state index in [-0.39, 0.29) is 18.0 Å². The van der Waals surface area contributed by atoms with Gasteiger partial charge in [0.1, 0.15) is 6.10 Å². The number of hydrogen-bond donors (Lipinski definition) is 0. The number of carbonyl (C=O) groups is 2. The van der Waals surface area contributed by atoms with Gasteiger partial charge in [0.15, 0.2) is 0 Å². The number of amides is 1. The zero-order chi connectivity index (χ0) is 18.1. The van der Waals surface area contributed by atoms with Crippen molar-refractivity contribution in [2.45, 2.75) is 57.7 Å². The highest BCUT2D eigenvalue weighted by Gasteiger charge is 2.48. The number of carbonyl (C=O) groups excluding carboxylic acids is 2. The lowest BCUT2D eigenvalue weighted by atomic mass is 9.78. The summed E-state index contributed by atoms with van der Waals surface area (Å²) in [7, 11) is 0. The molecule has 0 aliphatic carbocycles. The molecule has 0 aromatic heterocycles. The molecule has 0 unspecified atom stereocenters. The smallest absolute Gasteiger partial charge is 0.338 e. The van der Waals surface area contributed by atoms with Crippen LogP contribution in [0.25, 0.3) is 0 Å². The molecule has 4 nitrogen and oxygen atoms in total. The third kappa shape index (κ3) is 3.81. The second-order valence-electron chi connectivity index (χ2n) is 7.45. The van der Waals surface area contributed by atoms with Gasteiger partial charge in [-0.25, -0.2) is 4.79 Å². The minimum Gasteiger partial charge on any atom is -0.459 e. The van der Waals surface area contributed by atoms with Gasteiger partial charge in [0.05, 0.1) is 5.56 Å². The number of hydrogen-bond acceptors (Lipinski definition) is 3. The van der Waals surface area contributed by atoms with Crippen LogP contribution in [0.5, 0.6) is 0 Å². The van der Waals surface area contributed by atoms with Gasteiger partial charge >= 0.3 is 5.97 Å². The summed E-state index contributed by atoms with van der Waals surface area (Å²) in [5.41, 5.74) is -0.393. The average Bonchev–Trinajstić information content (AvgIpc) is 2.44. The molecular weight excluding hydrogens is 326 g/mol. The van der Waals surface area contributed by atoms with E-state index in [0.29, 0.717) is 23.4 Å². The first kappa shape index (κ1) is 18.5. The molecule has 1 aliphatic heterocycles. The van der Waals surface area contributed by atoms with Crippen molar-refractivity contribution in [1.29, 1.82) is 0 Å². The Morgan fingerprint density at radius 3 is 2.12 bits per heavy atom. The fraction of sp³-hybridized carbons (Fsp3) is 0.474. The van der Waals surface area contributed by atoms with Crippen LogP contribution in [0.3, 0.4) is 0 Å². The number of piperidine rings is 1. The van der Waals surface area contributed by atoms with Gasteiger partial charge in [-0.15, -0.1) is 0 Å². The first-order valence-electron chi connectivity index (χ1n) is 8.00. The molecular formula is C19H24ClNO3. The van der Waals surface area contributed by atoms with Gasteiger partial charge in [-0.05, 0) is 58.0 Å². The van der Waals surface area contributed by atoms with Crippen molar-refractivity contribution in [2.24, 2.45) is 0 Å². The summed E-state index contributed by atoms with van der Waals surface area (Å²) in [5, 5.41) is 0.574. The highest BCUT2D eigenvalue weighted by Crippen LogP contribution is 2.40. The van der Waals surface area contributed by atoms with Crippen LogP contribution in [0.15, 0.2) is 36.9 Å². The Morgan fingerprint density at radius 2 is 1.67 bits per heavy atom. The standard InChI is InChI=1S/C19H24ClNO3/c1-6-16(22)21-18(2,3)11-15(12-19(21,4)5)24-17(23)13-7-9-14(20)10-8-13/h6-10,15H,1,11-12H2,2-5H3. The molecule has 0 bridgehead atoms. The topological polar surface area (TPSA) is 46.6 Å². The van der Waals surface area contributed by atoms with Crippen LogP contribution in [-0.2, 0) is 9.53 Å². The summed E-state index contributed by atoms with van der Waals surface area (Å²) in [6.07, 6.45) is 2.24. The number of nitrogens with zero attached hydrogens (tertiary/aromatic N) is 1. The van der Waals surface area contributed by atoms with Crippen molar-refractivity contribution in [3.8, 4) is 0 Å². The lowest BCUT2D eigenvalue weighted by molar-refractivity contribution is -0.149. The lowest BCUT2D eigenvalue weighted by Gasteiger charge is -2.54. The van der Waals surface area contributed by atoms with Crippen LogP contribution in [0.2, 0.25) is 5.02 Å². The van der Waals surface area contributed by atoms with Gasteiger partial charge in [0.2, 0.25) is 5.91 Å². The van der Waals surface area contributed by atoms with E-state index in [0.717, 1.165) is 0 Å². The minimum atomic E-state index is -0.433. The lowest BCUT2D eigenvalue weighted by Crippen LogP contribution is -2.64. The maximum absolute atomic E-state index is 12.4. The highest BCUT2D eigenvalue weighted by molar-refractivity contribution is 6.30. The van der Waals surface area contributed by atoms with E-state index in [1.165, 1.54) is 6.08 Å². The number of esters is 1. The Balaban J connectivity index is 2.16. The van der Waals surface area contributed by atoms with Crippen molar-refractivity contribution >= 4 is 23.5 Å². The summed E-state index contributed by atoms with van der Waals surface area (Å²) >= 11 is 5.84. The Bertz CT molecular complexity index is 631. The third-order valence-electron chi connectivity index (χ3n) is 4.41. The van der Waals surface area contributed by atoms with Gasteiger partial charge in [0.25, 0.3) is 0 Å². The highest BCUT2D eigenvalue weighted by atomic mass is 35.5. The molecule has 0 radical (unpaired) electrons. The second kappa shape index (κ2) is 6.60. The fourth-order valence-corrected chi connectivity index (χ4v) is 3.89. The van der Waals surface area contributed by atoms with Gasteiger partial charge < -0.3 is 9.64 Å². The molecule has 24 heavy (non-hydrogen) atoms. The van der Waals surface area contributed by atoms with Crippen LogP contribution in [0.4, 0.5) is 0 Å². The van der Waals surface area contributed by atoms with Gasteiger partial charge in [0, 0.05) is 28.9 Å². The number of rotatable bonds is 3. The molecule has 2 rings (SSSR count). The predicted octanol–water partition coefficient (Wildman–Crippen LogP) is 4.23. The maximum atomic E-state index is 12.4. The second-order valence-corrected chi connectivity index (χ2v) is 7.88. The zero-order valence-corrected chi connectivity index (χ0v) is 15.4. The molecule has 5 heteroatoms. The van der Waals surface area contributed by atoms with E-state index in [1.807, 2.05) is 32.6 Å². The summed E-state index contributed by atoms with van der Waals surface area (Å²) < 4.78 is 5.70. The van der Waals surface area contributed by atoms with Crippen molar-refractivity contribution in [2.75, 3.05) is 0 Å². The zero-order valence-electron chi connectivity index (χ0n) is 14.6. The molecule has 1 fully saturated rings. The summed E-state index contributed by atoms with van der Waals surface area (Å²) in [6, 6.07) is 6.63. The average molecular weight is 350 g/mol. The predicted molar refractivity (Wildman–Crippen MR) is 95.1 cm³/mol. The van der Waals surface area contributed by atoms with Gasteiger partial charge in [-0.2, -0.15) is 0 Å². The Morgan fingerprint density at radius 1 is 1.17 bits per heavy atom. The molecule has 1 aromatic rings. The molecule has 1 aromatic carbocycles. The summed E-state index contributed by atoms with van der Waals surface area (Å²) in [4.78, 5) is 26.5. The van der Waals surface area contributed by atoms with E-state index in [2.05, 4.69) is 6.58 Å². The number of benzene rings is 1.